The molecule has 2 rings (SSSR count). The first-order valence-electron chi connectivity index (χ1n) is 10.5. The topological polar surface area (TPSA) is 60.0 Å². The molecule has 0 aliphatic carbocycles. The molecule has 0 fully saturated rings. The number of hydrogen-bond donors (Lipinski definition) is 1. The van der Waals surface area contributed by atoms with Crippen molar-refractivity contribution < 1.29 is 19.0 Å². The minimum atomic E-state index is -0.178. The number of carbonyl (C=O) groups is 1. The monoisotopic (exact) mass is 414 g/mol. The molecule has 30 heavy (non-hydrogen) atoms. The van der Waals surface area contributed by atoms with Crippen molar-refractivity contribution in [3.05, 3.63) is 53.6 Å². The van der Waals surface area contributed by atoms with Gasteiger partial charge in [0.25, 0.3) is 5.91 Å². The first-order chi connectivity index (χ1) is 14.5. The van der Waals surface area contributed by atoms with Crippen molar-refractivity contribution in [1.29, 1.82) is 0 Å². The Morgan fingerprint density at radius 2 is 1.77 bits per heavy atom. The van der Waals surface area contributed by atoms with Crippen LogP contribution in [0.5, 0.6) is 17.2 Å². The highest BCUT2D eigenvalue weighted by Gasteiger charge is 2.13. The maximum Gasteiger partial charge on any atom is 0.251 e. The van der Waals surface area contributed by atoms with Crippen LogP contribution in [0.15, 0.2) is 42.5 Å². The van der Waals surface area contributed by atoms with Crippen molar-refractivity contribution in [1.82, 2.24) is 10.2 Å². The van der Waals surface area contributed by atoms with Gasteiger partial charge in [0.05, 0.1) is 13.2 Å². The summed E-state index contributed by atoms with van der Waals surface area (Å²) in [5, 5.41) is 2.96. The second kappa shape index (κ2) is 12.1. The summed E-state index contributed by atoms with van der Waals surface area (Å²) in [6.07, 6.45) is 0.0248. The number of nitrogens with zero attached hydrogens (tertiary/aromatic N) is 1. The summed E-state index contributed by atoms with van der Waals surface area (Å²) in [4.78, 5) is 15.0. The highest BCUT2D eigenvalue weighted by Crippen LogP contribution is 2.29. The zero-order chi connectivity index (χ0) is 21.9. The molecule has 0 unspecified atom stereocenters. The lowest BCUT2D eigenvalue weighted by molar-refractivity contribution is 0.0950. The van der Waals surface area contributed by atoms with Crippen molar-refractivity contribution in [2.45, 2.75) is 40.3 Å². The Hall–Kier alpha value is -2.73. The first-order valence-corrected chi connectivity index (χ1v) is 10.5. The van der Waals surface area contributed by atoms with Gasteiger partial charge in [-0.3, -0.25) is 4.79 Å². The first kappa shape index (κ1) is 23.5. The predicted octanol–water partition coefficient (Wildman–Crippen LogP) is 4.13. The third kappa shape index (κ3) is 6.95. The highest BCUT2D eigenvalue weighted by atomic mass is 16.5. The lowest BCUT2D eigenvalue weighted by Crippen LogP contribution is -2.28. The number of rotatable bonds is 12. The number of carbonyl (C=O) groups excluding carboxylic acids is 1. The van der Waals surface area contributed by atoms with E-state index in [4.69, 9.17) is 14.2 Å². The zero-order valence-electron chi connectivity index (χ0n) is 18.7. The Labute approximate surface area is 180 Å². The van der Waals surface area contributed by atoms with E-state index >= 15 is 0 Å². The number of ether oxygens (including phenoxy) is 3. The molecule has 0 atom stereocenters. The van der Waals surface area contributed by atoms with E-state index in [0.717, 1.165) is 30.9 Å². The van der Waals surface area contributed by atoms with Crippen LogP contribution in [0.3, 0.4) is 0 Å². The number of benzene rings is 2. The van der Waals surface area contributed by atoms with Gasteiger partial charge in [0.2, 0.25) is 0 Å². The van der Waals surface area contributed by atoms with Crippen molar-refractivity contribution >= 4 is 5.91 Å². The van der Waals surface area contributed by atoms with Crippen LogP contribution in [0, 0.1) is 0 Å². The minimum absolute atomic E-state index is 0.0248. The fourth-order valence-corrected chi connectivity index (χ4v) is 3.05. The maximum atomic E-state index is 12.7. The Morgan fingerprint density at radius 1 is 1.03 bits per heavy atom. The molecule has 0 saturated carbocycles. The van der Waals surface area contributed by atoms with E-state index < -0.39 is 0 Å². The maximum absolute atomic E-state index is 12.7. The molecule has 0 bridgehead atoms. The van der Waals surface area contributed by atoms with Crippen molar-refractivity contribution in [2.75, 3.05) is 33.4 Å². The van der Waals surface area contributed by atoms with Crippen LogP contribution in [-0.2, 0) is 6.54 Å². The Bertz CT molecular complexity index is 804. The second-order valence-electron chi connectivity index (χ2n) is 7.20. The van der Waals surface area contributed by atoms with E-state index in [2.05, 4.69) is 24.1 Å². The summed E-state index contributed by atoms with van der Waals surface area (Å²) >= 11 is 0. The van der Waals surface area contributed by atoms with Gasteiger partial charge in [-0.05, 0) is 51.2 Å². The van der Waals surface area contributed by atoms with Crippen molar-refractivity contribution in [3.63, 3.8) is 0 Å². The Morgan fingerprint density at radius 3 is 2.43 bits per heavy atom. The lowest BCUT2D eigenvalue weighted by Gasteiger charge is -2.19. The van der Waals surface area contributed by atoms with Gasteiger partial charge in [-0.15, -0.1) is 0 Å². The van der Waals surface area contributed by atoms with Gasteiger partial charge in [-0.1, -0.05) is 32.0 Å². The molecule has 2 aromatic rings. The number of hydrogen-bond acceptors (Lipinski definition) is 5. The van der Waals surface area contributed by atoms with Crippen LogP contribution in [0.4, 0.5) is 0 Å². The number of nitrogens with one attached hydrogen (secondary N) is 1. The Balaban J connectivity index is 1.99. The van der Waals surface area contributed by atoms with Gasteiger partial charge >= 0.3 is 0 Å². The van der Waals surface area contributed by atoms with Gasteiger partial charge in [0, 0.05) is 24.2 Å². The third-order valence-electron chi connectivity index (χ3n) is 4.76. The summed E-state index contributed by atoms with van der Waals surface area (Å²) in [6.45, 7) is 12.0. The van der Waals surface area contributed by atoms with Crippen LogP contribution in [0.1, 0.15) is 43.6 Å². The van der Waals surface area contributed by atoms with Crippen LogP contribution in [-0.4, -0.2) is 50.3 Å². The molecule has 0 aliphatic heterocycles. The second-order valence-corrected chi connectivity index (χ2v) is 7.20. The summed E-state index contributed by atoms with van der Waals surface area (Å²) in [6, 6.07) is 13.0. The van der Waals surface area contributed by atoms with Crippen molar-refractivity contribution in [3.8, 4) is 17.2 Å². The summed E-state index contributed by atoms with van der Waals surface area (Å²) in [5.41, 5.74) is 1.46. The zero-order valence-corrected chi connectivity index (χ0v) is 18.7. The number of likely N-dealkylation sites (N-methyl/N-ethyl adjacent to an activating group) is 1. The van der Waals surface area contributed by atoms with Crippen LogP contribution >= 0.6 is 0 Å². The fourth-order valence-electron chi connectivity index (χ4n) is 3.05. The molecule has 1 N–H and O–H groups in total. The molecule has 0 aliphatic rings. The fraction of sp³-hybridized carbons (Fsp3) is 0.458. The lowest BCUT2D eigenvalue weighted by atomic mass is 10.1. The number of amides is 1. The summed E-state index contributed by atoms with van der Waals surface area (Å²) in [5.74, 6) is 1.78. The molecule has 0 saturated heterocycles. The van der Waals surface area contributed by atoms with Gasteiger partial charge in [-0.25, -0.2) is 0 Å². The van der Waals surface area contributed by atoms with Crippen LogP contribution in [0.25, 0.3) is 0 Å². The summed E-state index contributed by atoms with van der Waals surface area (Å²) in [7, 11) is 1.57. The van der Waals surface area contributed by atoms with Gasteiger partial charge in [0.1, 0.15) is 12.4 Å². The van der Waals surface area contributed by atoms with E-state index in [-0.39, 0.29) is 12.0 Å². The Kier molecular flexibility index (Phi) is 9.48. The molecule has 6 heteroatoms. The average Bonchev–Trinajstić information content (AvgIpc) is 2.75. The number of methoxy groups -OCH3 is 1. The molecule has 2 aromatic carbocycles. The normalized spacial score (nSPS) is 10.9. The van der Waals surface area contributed by atoms with E-state index in [1.165, 1.54) is 0 Å². The van der Waals surface area contributed by atoms with E-state index in [1.807, 2.05) is 38.1 Å². The predicted molar refractivity (Wildman–Crippen MR) is 120 cm³/mol. The van der Waals surface area contributed by atoms with Gasteiger partial charge in [0.15, 0.2) is 11.5 Å². The molecular formula is C24H34N2O4. The molecule has 0 spiro atoms. The van der Waals surface area contributed by atoms with E-state index in [9.17, 15) is 4.79 Å². The molecule has 0 radical (unpaired) electrons. The standard InChI is InChI=1S/C24H34N2O4/c1-6-26(7-2)14-15-29-21-11-9-8-10-20(21)17-25-24(27)19-12-13-22(30-18(3)4)23(16-19)28-5/h8-13,16,18H,6-7,14-15,17H2,1-5H3,(H,25,27). The largest absolute Gasteiger partial charge is 0.493 e. The molecule has 6 nitrogen and oxygen atoms in total. The quantitative estimate of drug-likeness (QED) is 0.566. The minimum Gasteiger partial charge on any atom is -0.493 e. The van der Waals surface area contributed by atoms with Gasteiger partial charge in [-0.2, -0.15) is 0 Å². The van der Waals surface area contributed by atoms with E-state index in [1.54, 1.807) is 25.3 Å². The van der Waals surface area contributed by atoms with Crippen molar-refractivity contribution in [2.24, 2.45) is 0 Å². The molecule has 0 heterocycles. The molecule has 1 amide bonds. The van der Waals surface area contributed by atoms with Crippen LogP contribution < -0.4 is 19.5 Å². The SMILES string of the molecule is CCN(CC)CCOc1ccccc1CNC(=O)c1ccc(OC(C)C)c(OC)c1. The average molecular weight is 415 g/mol. The van der Waals surface area contributed by atoms with E-state index in [0.29, 0.717) is 30.2 Å². The summed E-state index contributed by atoms with van der Waals surface area (Å²) < 4.78 is 17.1. The van der Waals surface area contributed by atoms with Gasteiger partial charge < -0.3 is 24.4 Å². The third-order valence-corrected chi connectivity index (χ3v) is 4.76. The molecule has 0 aromatic heterocycles. The highest BCUT2D eigenvalue weighted by molar-refractivity contribution is 5.94. The molecule has 164 valence electrons. The van der Waals surface area contributed by atoms with Crippen LogP contribution in [0.2, 0.25) is 0 Å². The molecular weight excluding hydrogens is 380 g/mol. The number of para-hydroxylation sites is 1. The smallest absolute Gasteiger partial charge is 0.251 e.